The maximum absolute atomic E-state index is 11.3. The Balaban J connectivity index is 1.75. The number of hydrogen-bond donors (Lipinski definition) is 1. The number of aryl methyl sites for hydroxylation is 1. The molecule has 1 N–H and O–H groups in total. The number of nitriles is 1. The van der Waals surface area contributed by atoms with Crippen LogP contribution in [0, 0.1) is 21.4 Å². The molecule has 2 aromatic carbocycles. The Bertz CT molecular complexity index is 1010. The van der Waals surface area contributed by atoms with E-state index < -0.39 is 4.92 Å². The van der Waals surface area contributed by atoms with Gasteiger partial charge in [-0.05, 0) is 29.8 Å². The average Bonchev–Trinajstić information content (AvgIpc) is 3.10. The molecule has 3 aromatic rings. The summed E-state index contributed by atoms with van der Waals surface area (Å²) in [6, 6.07) is 15.5. The summed E-state index contributed by atoms with van der Waals surface area (Å²) in [5, 5.41) is 27.5. The van der Waals surface area contributed by atoms with E-state index in [0.29, 0.717) is 23.5 Å². The van der Waals surface area contributed by atoms with Gasteiger partial charge in [0, 0.05) is 31.9 Å². The predicted octanol–water partition coefficient (Wildman–Crippen LogP) is 3.39. The summed E-state index contributed by atoms with van der Waals surface area (Å²) in [6.45, 7) is 0.613. The fourth-order valence-electron chi connectivity index (χ4n) is 2.55. The largest absolute Gasteiger partial charge is 0.487 e. The van der Waals surface area contributed by atoms with E-state index >= 15 is 0 Å². The standard InChI is InChI=1S/C19H17N5O3/c1-23-8-7-16(22-23)13-27-17-5-6-19(24(25)26)18(10-17)21-12-15-4-2-3-14(9-15)11-20/h2-10,21H,12-13H2,1H3. The fraction of sp³-hybridized carbons (Fsp3) is 0.158. The van der Waals surface area contributed by atoms with Crippen LogP contribution < -0.4 is 10.1 Å². The number of anilines is 1. The topological polar surface area (TPSA) is 106 Å². The molecule has 0 bridgehead atoms. The minimum atomic E-state index is -0.448. The number of nitro groups is 1. The molecule has 0 radical (unpaired) electrons. The second-order valence-corrected chi connectivity index (χ2v) is 5.87. The van der Waals surface area contributed by atoms with Crippen LogP contribution in [0.1, 0.15) is 16.8 Å². The summed E-state index contributed by atoms with van der Waals surface area (Å²) in [7, 11) is 1.82. The smallest absolute Gasteiger partial charge is 0.292 e. The van der Waals surface area contributed by atoms with Gasteiger partial charge < -0.3 is 10.1 Å². The lowest BCUT2D eigenvalue weighted by Crippen LogP contribution is -2.04. The molecule has 0 saturated heterocycles. The molecule has 136 valence electrons. The lowest BCUT2D eigenvalue weighted by molar-refractivity contribution is -0.384. The Morgan fingerprint density at radius 3 is 2.85 bits per heavy atom. The fourth-order valence-corrected chi connectivity index (χ4v) is 2.55. The van der Waals surface area contributed by atoms with Crippen LogP contribution in [0.3, 0.4) is 0 Å². The third kappa shape index (κ3) is 4.61. The molecule has 0 spiro atoms. The van der Waals surface area contributed by atoms with E-state index in [1.807, 2.05) is 25.4 Å². The highest BCUT2D eigenvalue weighted by molar-refractivity contribution is 5.64. The Morgan fingerprint density at radius 1 is 1.30 bits per heavy atom. The zero-order valence-corrected chi connectivity index (χ0v) is 14.6. The van der Waals surface area contributed by atoms with Gasteiger partial charge in [0.1, 0.15) is 18.0 Å². The van der Waals surface area contributed by atoms with Crippen LogP contribution in [0.15, 0.2) is 54.7 Å². The van der Waals surface area contributed by atoms with E-state index in [4.69, 9.17) is 10.00 Å². The molecule has 0 aliphatic rings. The summed E-state index contributed by atoms with van der Waals surface area (Å²) in [5.74, 6) is 0.500. The van der Waals surface area contributed by atoms with Crippen molar-refractivity contribution in [2.24, 2.45) is 7.05 Å². The molecule has 8 nitrogen and oxygen atoms in total. The zero-order chi connectivity index (χ0) is 19.2. The molecule has 0 fully saturated rings. The first-order chi connectivity index (χ1) is 13.0. The van der Waals surface area contributed by atoms with Crippen LogP contribution in [-0.2, 0) is 20.2 Å². The molecule has 8 heteroatoms. The number of nitro benzene ring substituents is 1. The lowest BCUT2D eigenvalue weighted by Gasteiger charge is -2.10. The summed E-state index contributed by atoms with van der Waals surface area (Å²) < 4.78 is 7.37. The first kappa shape index (κ1) is 17.9. The van der Waals surface area contributed by atoms with Gasteiger partial charge in [-0.25, -0.2) is 0 Å². The third-order valence-electron chi connectivity index (χ3n) is 3.86. The van der Waals surface area contributed by atoms with Crippen molar-refractivity contribution in [3.05, 3.63) is 81.7 Å². The van der Waals surface area contributed by atoms with Gasteiger partial charge in [-0.3, -0.25) is 14.8 Å². The van der Waals surface area contributed by atoms with Crippen molar-refractivity contribution in [1.29, 1.82) is 5.26 Å². The summed E-state index contributed by atoms with van der Waals surface area (Å²) in [4.78, 5) is 10.8. The molecule has 0 atom stereocenters. The van der Waals surface area contributed by atoms with Crippen LogP contribution in [0.4, 0.5) is 11.4 Å². The maximum Gasteiger partial charge on any atom is 0.292 e. The quantitative estimate of drug-likeness (QED) is 0.509. The normalized spacial score (nSPS) is 10.2. The molecule has 27 heavy (non-hydrogen) atoms. The van der Waals surface area contributed by atoms with Crippen LogP contribution in [0.2, 0.25) is 0 Å². The maximum atomic E-state index is 11.3. The minimum Gasteiger partial charge on any atom is -0.487 e. The molecule has 3 rings (SSSR count). The predicted molar refractivity (Wildman–Crippen MR) is 99.1 cm³/mol. The van der Waals surface area contributed by atoms with Crippen molar-refractivity contribution in [2.75, 3.05) is 5.32 Å². The van der Waals surface area contributed by atoms with Gasteiger partial charge in [0.05, 0.1) is 22.2 Å². The highest BCUT2D eigenvalue weighted by Crippen LogP contribution is 2.29. The second-order valence-electron chi connectivity index (χ2n) is 5.87. The highest BCUT2D eigenvalue weighted by atomic mass is 16.6. The van der Waals surface area contributed by atoms with Gasteiger partial charge in [0.2, 0.25) is 0 Å². The number of nitrogens with one attached hydrogen (secondary N) is 1. The Hall–Kier alpha value is -3.86. The number of ether oxygens (including phenoxy) is 1. The zero-order valence-electron chi connectivity index (χ0n) is 14.6. The second kappa shape index (κ2) is 8.01. The van der Waals surface area contributed by atoms with Gasteiger partial charge in [-0.1, -0.05) is 12.1 Å². The van der Waals surface area contributed by atoms with Crippen molar-refractivity contribution in [3.63, 3.8) is 0 Å². The van der Waals surface area contributed by atoms with Crippen LogP contribution in [0.25, 0.3) is 0 Å². The first-order valence-corrected chi connectivity index (χ1v) is 8.18. The Morgan fingerprint density at radius 2 is 2.15 bits per heavy atom. The van der Waals surface area contributed by atoms with Crippen molar-refractivity contribution < 1.29 is 9.66 Å². The molecule has 0 aliphatic carbocycles. The summed E-state index contributed by atoms with van der Waals surface area (Å²) in [6.07, 6.45) is 1.82. The van der Waals surface area contributed by atoms with E-state index in [9.17, 15) is 10.1 Å². The first-order valence-electron chi connectivity index (χ1n) is 8.18. The third-order valence-corrected chi connectivity index (χ3v) is 3.86. The van der Waals surface area contributed by atoms with Crippen LogP contribution in [0.5, 0.6) is 5.75 Å². The number of aromatic nitrogens is 2. The van der Waals surface area contributed by atoms with E-state index in [0.717, 1.165) is 11.3 Å². The summed E-state index contributed by atoms with van der Waals surface area (Å²) >= 11 is 0. The molecule has 0 aliphatic heterocycles. The molecular weight excluding hydrogens is 346 g/mol. The van der Waals surface area contributed by atoms with E-state index in [1.165, 1.54) is 6.07 Å². The van der Waals surface area contributed by atoms with Crippen molar-refractivity contribution in [1.82, 2.24) is 9.78 Å². The van der Waals surface area contributed by atoms with E-state index in [-0.39, 0.29) is 12.3 Å². The highest BCUT2D eigenvalue weighted by Gasteiger charge is 2.15. The number of nitrogens with zero attached hydrogens (tertiary/aromatic N) is 4. The van der Waals surface area contributed by atoms with Crippen LogP contribution in [-0.4, -0.2) is 14.7 Å². The molecule has 0 saturated carbocycles. The van der Waals surface area contributed by atoms with Gasteiger partial charge in [-0.15, -0.1) is 0 Å². The SMILES string of the molecule is Cn1ccc(COc2ccc([N+](=O)[O-])c(NCc3cccc(C#N)c3)c2)n1. The average molecular weight is 363 g/mol. The molecule has 0 amide bonds. The van der Waals surface area contributed by atoms with Crippen molar-refractivity contribution in [3.8, 4) is 11.8 Å². The Kier molecular flexibility index (Phi) is 5.33. The van der Waals surface area contributed by atoms with Crippen LogP contribution >= 0.6 is 0 Å². The summed E-state index contributed by atoms with van der Waals surface area (Å²) in [5.41, 5.74) is 2.45. The molecule has 1 aromatic heterocycles. The van der Waals surface area contributed by atoms with Gasteiger partial charge in [-0.2, -0.15) is 10.4 Å². The molecule has 1 heterocycles. The number of rotatable bonds is 7. The Labute approximate surface area is 155 Å². The van der Waals surface area contributed by atoms with Crippen molar-refractivity contribution in [2.45, 2.75) is 13.2 Å². The van der Waals surface area contributed by atoms with E-state index in [1.54, 1.807) is 35.0 Å². The monoisotopic (exact) mass is 363 g/mol. The number of benzene rings is 2. The van der Waals surface area contributed by atoms with Gasteiger partial charge in [0.15, 0.2) is 0 Å². The molecule has 0 unspecified atom stereocenters. The van der Waals surface area contributed by atoms with E-state index in [2.05, 4.69) is 16.5 Å². The lowest BCUT2D eigenvalue weighted by atomic mass is 10.1. The van der Waals surface area contributed by atoms with Gasteiger partial charge >= 0.3 is 0 Å². The van der Waals surface area contributed by atoms with Gasteiger partial charge in [0.25, 0.3) is 5.69 Å². The van der Waals surface area contributed by atoms with Crippen molar-refractivity contribution >= 4 is 11.4 Å². The molecular formula is C19H17N5O3. The minimum absolute atomic E-state index is 0.0448. The number of hydrogen-bond acceptors (Lipinski definition) is 6.